The highest BCUT2D eigenvalue weighted by molar-refractivity contribution is 6.81. The Morgan fingerprint density at radius 1 is 1.42 bits per heavy atom. The van der Waals surface area contributed by atoms with Crippen LogP contribution in [0.1, 0.15) is 27.2 Å². The lowest BCUT2D eigenvalue weighted by atomic mass is 9.71. The van der Waals surface area contributed by atoms with Gasteiger partial charge >= 0.3 is 5.97 Å². The molecule has 1 rings (SSSR count). The molecule has 0 spiro atoms. The third-order valence-electron chi connectivity index (χ3n) is 3.24. The third-order valence-corrected chi connectivity index (χ3v) is 4.45. The van der Waals surface area contributed by atoms with Gasteiger partial charge in [-0.25, -0.2) is 0 Å². The van der Waals surface area contributed by atoms with Gasteiger partial charge in [-0.2, -0.15) is 0 Å². The Morgan fingerprint density at radius 3 is 2.42 bits per heavy atom. The summed E-state index contributed by atoms with van der Waals surface area (Å²) in [5, 5.41) is 0. The molecule has 0 radical (unpaired) electrons. The predicted molar refractivity (Wildman–Crippen MR) is 80.8 cm³/mol. The predicted octanol–water partition coefficient (Wildman–Crippen LogP) is 3.42. The average Bonchev–Trinajstić information content (AvgIpc) is 2.56. The highest BCUT2D eigenvalue weighted by Gasteiger charge is 2.49. The molecular formula is C15H28O3Si. The largest absolute Gasteiger partial charge is 0.468 e. The van der Waals surface area contributed by atoms with E-state index >= 15 is 0 Å². The molecule has 1 aliphatic rings. The Bertz CT molecular complexity index is 374. The van der Waals surface area contributed by atoms with E-state index < -0.39 is 13.5 Å². The summed E-state index contributed by atoms with van der Waals surface area (Å²) in [6.45, 7) is 14.3. The number of carbonyl (C=O) groups excluding carboxylic acids is 1. The maximum absolute atomic E-state index is 12.4. The minimum atomic E-state index is -1.39. The lowest BCUT2D eigenvalue weighted by Gasteiger charge is -2.34. The van der Waals surface area contributed by atoms with Crippen molar-refractivity contribution < 1.29 is 14.3 Å². The first-order valence-corrected chi connectivity index (χ1v) is 10.5. The topological polar surface area (TPSA) is 35.5 Å². The van der Waals surface area contributed by atoms with E-state index in [1.807, 2.05) is 0 Å². The lowest BCUT2D eigenvalue weighted by Crippen LogP contribution is -2.39. The van der Waals surface area contributed by atoms with Crippen molar-refractivity contribution in [2.75, 3.05) is 20.3 Å². The zero-order valence-electron chi connectivity index (χ0n) is 13.4. The van der Waals surface area contributed by atoms with E-state index in [1.54, 1.807) is 0 Å². The maximum atomic E-state index is 12.4. The first-order chi connectivity index (χ1) is 8.50. The molecule has 1 atom stereocenters. The molecule has 0 aromatic rings. The van der Waals surface area contributed by atoms with Crippen LogP contribution in [0.15, 0.2) is 11.3 Å². The number of carbonyl (C=O) groups is 1. The van der Waals surface area contributed by atoms with Crippen LogP contribution in [0.25, 0.3) is 0 Å². The second kappa shape index (κ2) is 5.41. The van der Waals surface area contributed by atoms with Gasteiger partial charge in [0.2, 0.25) is 0 Å². The van der Waals surface area contributed by atoms with E-state index in [0.29, 0.717) is 13.2 Å². The van der Waals surface area contributed by atoms with Crippen LogP contribution in [0.5, 0.6) is 0 Å². The van der Waals surface area contributed by atoms with Gasteiger partial charge in [0.1, 0.15) is 5.41 Å². The van der Waals surface area contributed by atoms with Crippen LogP contribution in [0, 0.1) is 10.8 Å². The van der Waals surface area contributed by atoms with Crippen LogP contribution in [0.4, 0.5) is 0 Å². The van der Waals surface area contributed by atoms with E-state index in [4.69, 9.17) is 9.47 Å². The molecular weight excluding hydrogens is 256 g/mol. The van der Waals surface area contributed by atoms with Gasteiger partial charge < -0.3 is 9.47 Å². The maximum Gasteiger partial charge on any atom is 0.318 e. The Labute approximate surface area is 118 Å². The Balaban J connectivity index is 3.23. The Kier molecular flexibility index (Phi) is 4.68. The summed E-state index contributed by atoms with van der Waals surface area (Å²) in [7, 11) is 0.0746. The van der Waals surface area contributed by atoms with E-state index in [1.165, 1.54) is 7.11 Å². The summed E-state index contributed by atoms with van der Waals surface area (Å²) in [6.07, 6.45) is 0.767. The summed E-state index contributed by atoms with van der Waals surface area (Å²) in [6, 6.07) is 0. The second-order valence-electron chi connectivity index (χ2n) is 7.84. The van der Waals surface area contributed by atoms with Crippen LogP contribution >= 0.6 is 0 Å². The molecule has 19 heavy (non-hydrogen) atoms. The summed E-state index contributed by atoms with van der Waals surface area (Å²) in [4.78, 5) is 12.4. The van der Waals surface area contributed by atoms with Crippen molar-refractivity contribution in [2.24, 2.45) is 10.8 Å². The van der Waals surface area contributed by atoms with E-state index in [0.717, 1.165) is 12.0 Å². The molecule has 110 valence electrons. The first-order valence-electron chi connectivity index (χ1n) is 6.89. The molecule has 1 saturated heterocycles. The molecule has 0 N–H and O–H groups in total. The van der Waals surface area contributed by atoms with Gasteiger partial charge in [0.05, 0.1) is 28.4 Å². The van der Waals surface area contributed by atoms with Crippen LogP contribution in [-0.4, -0.2) is 34.4 Å². The quantitative estimate of drug-likeness (QED) is 0.588. The Morgan fingerprint density at radius 2 is 2.00 bits per heavy atom. The fraction of sp³-hybridized carbons (Fsp3) is 0.800. The van der Waals surface area contributed by atoms with Crippen molar-refractivity contribution in [2.45, 2.75) is 46.8 Å². The van der Waals surface area contributed by atoms with Gasteiger partial charge in [0.25, 0.3) is 0 Å². The third kappa shape index (κ3) is 4.18. The van der Waals surface area contributed by atoms with E-state index in [-0.39, 0.29) is 11.4 Å². The molecule has 0 amide bonds. The minimum Gasteiger partial charge on any atom is -0.468 e. The van der Waals surface area contributed by atoms with Crippen LogP contribution in [-0.2, 0) is 14.3 Å². The zero-order valence-corrected chi connectivity index (χ0v) is 14.4. The second-order valence-corrected chi connectivity index (χ2v) is 12.9. The van der Waals surface area contributed by atoms with Gasteiger partial charge in [0.15, 0.2) is 0 Å². The Hall–Kier alpha value is -0.613. The SMILES string of the molecule is COC(=O)C1(CC(C)(C)C)COC/C1=C\[Si](C)(C)C. The molecule has 3 nitrogen and oxygen atoms in total. The normalized spacial score (nSPS) is 26.8. The monoisotopic (exact) mass is 284 g/mol. The summed E-state index contributed by atoms with van der Waals surface area (Å²) in [5.41, 5.74) is 2.92. The minimum absolute atomic E-state index is 0.0560. The first kappa shape index (κ1) is 16.4. The zero-order chi connectivity index (χ0) is 14.9. The van der Waals surface area contributed by atoms with Gasteiger partial charge in [-0.05, 0) is 17.4 Å². The highest BCUT2D eigenvalue weighted by Crippen LogP contribution is 2.45. The van der Waals surface area contributed by atoms with Crippen LogP contribution < -0.4 is 0 Å². The molecule has 0 bridgehead atoms. The van der Waals surface area contributed by atoms with Crippen molar-refractivity contribution in [3.8, 4) is 0 Å². The van der Waals surface area contributed by atoms with E-state index in [9.17, 15) is 4.79 Å². The van der Waals surface area contributed by atoms with Crippen molar-refractivity contribution in [3.05, 3.63) is 11.3 Å². The molecule has 1 aliphatic heterocycles. The number of hydrogen-bond acceptors (Lipinski definition) is 3. The van der Waals surface area contributed by atoms with Crippen molar-refractivity contribution >= 4 is 14.0 Å². The van der Waals surface area contributed by atoms with Gasteiger partial charge in [0, 0.05) is 0 Å². The number of esters is 1. The molecule has 1 heterocycles. The lowest BCUT2D eigenvalue weighted by molar-refractivity contribution is -0.152. The summed E-state index contributed by atoms with van der Waals surface area (Å²) >= 11 is 0. The molecule has 0 aromatic heterocycles. The van der Waals surface area contributed by atoms with Gasteiger partial charge in [-0.3, -0.25) is 4.79 Å². The summed E-state index contributed by atoms with van der Waals surface area (Å²) < 4.78 is 10.7. The van der Waals surface area contributed by atoms with Crippen LogP contribution in [0.2, 0.25) is 19.6 Å². The fourth-order valence-electron chi connectivity index (χ4n) is 2.80. The molecule has 1 fully saturated rings. The smallest absolute Gasteiger partial charge is 0.318 e. The van der Waals surface area contributed by atoms with Crippen molar-refractivity contribution in [1.82, 2.24) is 0 Å². The molecule has 0 aliphatic carbocycles. The van der Waals surface area contributed by atoms with Crippen molar-refractivity contribution in [3.63, 3.8) is 0 Å². The average molecular weight is 284 g/mol. The number of methoxy groups -OCH3 is 1. The fourth-order valence-corrected chi connectivity index (χ4v) is 4.20. The summed E-state index contributed by atoms with van der Waals surface area (Å²) in [5.74, 6) is -0.149. The highest BCUT2D eigenvalue weighted by atomic mass is 28.3. The van der Waals surface area contributed by atoms with E-state index in [2.05, 4.69) is 46.1 Å². The van der Waals surface area contributed by atoms with Gasteiger partial charge in [-0.15, -0.1) is 0 Å². The number of hydrogen-bond donors (Lipinski definition) is 0. The molecule has 4 heteroatoms. The number of rotatable bonds is 3. The number of ether oxygens (including phenoxy) is 2. The van der Waals surface area contributed by atoms with Crippen LogP contribution in [0.3, 0.4) is 0 Å². The standard InChI is InChI=1S/C15H28O3Si/c1-14(2,3)10-15(13(16)17-4)11-18-8-12(15)9-19(5,6)7/h9H,8,10-11H2,1-7H3/b12-9+. The van der Waals surface area contributed by atoms with Gasteiger partial charge in [-0.1, -0.05) is 46.1 Å². The van der Waals surface area contributed by atoms with Crippen molar-refractivity contribution in [1.29, 1.82) is 0 Å². The molecule has 0 aromatic carbocycles. The molecule has 0 saturated carbocycles. The molecule has 1 unspecified atom stereocenters.